The number of hydrogen-bond donors (Lipinski definition) is 1. The first-order valence-electron chi connectivity index (χ1n) is 7.79. The maximum Gasteiger partial charge on any atom is 0.218 e. The third-order valence-corrected chi connectivity index (χ3v) is 4.75. The average molecular weight is 380 g/mol. The van der Waals surface area contributed by atoms with E-state index in [-0.39, 0.29) is 5.91 Å². The second-order valence-electron chi connectivity index (χ2n) is 5.64. The Morgan fingerprint density at radius 2 is 1.25 bits per heavy atom. The molecule has 3 rings (SSSR count). The number of halogens is 1. The lowest BCUT2D eigenvalue weighted by molar-refractivity contribution is -0.120. The molecule has 0 aliphatic carbocycles. The van der Waals surface area contributed by atoms with Crippen molar-refractivity contribution in [2.45, 2.75) is 12.5 Å². The number of nitrogens with one attached hydrogen (secondary N) is 1. The van der Waals surface area contributed by atoms with Gasteiger partial charge in [0.2, 0.25) is 5.91 Å². The van der Waals surface area contributed by atoms with Crippen LogP contribution in [0.2, 0.25) is 0 Å². The van der Waals surface area contributed by atoms with E-state index in [1.807, 2.05) is 84.9 Å². The minimum atomic E-state index is -0.756. The Kier molecular flexibility index (Phi) is 4.81. The van der Waals surface area contributed by atoms with Gasteiger partial charge in [-0.05, 0) is 17.2 Å². The van der Waals surface area contributed by atoms with Crippen molar-refractivity contribution in [2.24, 2.45) is 0 Å². The van der Waals surface area contributed by atoms with Gasteiger partial charge in [0.15, 0.2) is 0 Å². The second-order valence-corrected chi connectivity index (χ2v) is 6.50. The molecule has 0 radical (unpaired) electrons. The van der Waals surface area contributed by atoms with Gasteiger partial charge in [-0.2, -0.15) is 0 Å². The van der Waals surface area contributed by atoms with Crippen molar-refractivity contribution in [3.8, 4) is 0 Å². The van der Waals surface area contributed by atoms with Crippen LogP contribution in [0, 0.1) is 0 Å². The van der Waals surface area contributed by atoms with Gasteiger partial charge >= 0.3 is 0 Å². The molecule has 24 heavy (non-hydrogen) atoms. The van der Waals surface area contributed by atoms with E-state index < -0.39 is 5.54 Å². The van der Waals surface area contributed by atoms with Crippen LogP contribution in [0.5, 0.6) is 0 Å². The van der Waals surface area contributed by atoms with Gasteiger partial charge in [-0.25, -0.2) is 0 Å². The Hall–Kier alpha value is -2.39. The fraction of sp³-hybridized carbons (Fsp3) is 0.0952. The van der Waals surface area contributed by atoms with Gasteiger partial charge in [0.05, 0.1) is 0 Å². The van der Waals surface area contributed by atoms with Gasteiger partial charge in [-0.1, -0.05) is 94.8 Å². The van der Waals surface area contributed by atoms with Crippen molar-refractivity contribution in [1.82, 2.24) is 5.32 Å². The Morgan fingerprint density at radius 1 is 0.792 bits per heavy atom. The predicted octanol–water partition coefficient (Wildman–Crippen LogP) is 4.88. The molecule has 0 atom stereocenters. The molecule has 0 aliphatic rings. The molecule has 0 bridgehead atoms. The molecular weight excluding hydrogens is 362 g/mol. The molecule has 120 valence electrons. The van der Waals surface area contributed by atoms with E-state index in [1.54, 1.807) is 6.92 Å². The molecule has 0 spiro atoms. The Labute approximate surface area is 150 Å². The number of benzene rings is 3. The Balaban J connectivity index is 2.38. The molecule has 2 nitrogen and oxygen atoms in total. The van der Waals surface area contributed by atoms with Gasteiger partial charge in [0.1, 0.15) is 5.54 Å². The lowest BCUT2D eigenvalue weighted by Gasteiger charge is -2.37. The second kappa shape index (κ2) is 7.02. The molecule has 1 N–H and O–H groups in total. The monoisotopic (exact) mass is 379 g/mol. The normalized spacial score (nSPS) is 11.1. The van der Waals surface area contributed by atoms with Gasteiger partial charge in [0.25, 0.3) is 0 Å². The number of carbonyl (C=O) groups is 1. The van der Waals surface area contributed by atoms with Crippen LogP contribution in [0.4, 0.5) is 0 Å². The van der Waals surface area contributed by atoms with Crippen molar-refractivity contribution in [3.05, 3.63) is 106 Å². The van der Waals surface area contributed by atoms with Crippen molar-refractivity contribution < 1.29 is 4.79 Å². The lowest BCUT2D eigenvalue weighted by Crippen LogP contribution is -2.47. The first kappa shape index (κ1) is 16.5. The summed E-state index contributed by atoms with van der Waals surface area (Å²) in [6, 6.07) is 28.1. The minimum absolute atomic E-state index is 0.0848. The molecule has 0 aromatic heterocycles. The smallest absolute Gasteiger partial charge is 0.218 e. The zero-order valence-electron chi connectivity index (χ0n) is 13.4. The van der Waals surface area contributed by atoms with Crippen LogP contribution in [-0.4, -0.2) is 5.91 Å². The summed E-state index contributed by atoms with van der Waals surface area (Å²) in [5.41, 5.74) is 2.27. The highest BCUT2D eigenvalue weighted by atomic mass is 79.9. The first-order valence-corrected chi connectivity index (χ1v) is 8.58. The van der Waals surface area contributed by atoms with Gasteiger partial charge in [-0.15, -0.1) is 0 Å². The van der Waals surface area contributed by atoms with Crippen molar-refractivity contribution in [2.75, 3.05) is 0 Å². The van der Waals surface area contributed by atoms with E-state index >= 15 is 0 Å². The topological polar surface area (TPSA) is 29.1 Å². The largest absolute Gasteiger partial charge is 0.339 e. The van der Waals surface area contributed by atoms with Gasteiger partial charge in [0, 0.05) is 17.0 Å². The van der Waals surface area contributed by atoms with E-state index in [1.165, 1.54) is 0 Å². The first-order chi connectivity index (χ1) is 11.6. The SMILES string of the molecule is CC(=O)NC(c1ccccc1)(c1ccccc1)c1ccccc1Br. The third-order valence-electron chi connectivity index (χ3n) is 4.05. The molecule has 0 aliphatic heterocycles. The molecule has 1 amide bonds. The van der Waals surface area contributed by atoms with E-state index in [9.17, 15) is 4.79 Å². The standard InChI is InChI=1S/C21H18BrNO/c1-16(24)23-21(17-10-4-2-5-11-17,18-12-6-3-7-13-18)19-14-8-9-15-20(19)22/h2-15H,1H3,(H,23,24). The quantitative estimate of drug-likeness (QED) is 0.643. The van der Waals surface area contributed by atoms with E-state index in [2.05, 4.69) is 21.2 Å². The maximum absolute atomic E-state index is 12.2. The van der Waals surface area contributed by atoms with E-state index in [4.69, 9.17) is 0 Å². The molecule has 0 saturated heterocycles. The molecule has 0 fully saturated rings. The summed E-state index contributed by atoms with van der Waals surface area (Å²) in [7, 11) is 0. The fourth-order valence-corrected chi connectivity index (χ4v) is 3.68. The van der Waals surface area contributed by atoms with E-state index in [0.29, 0.717) is 0 Å². The fourth-order valence-electron chi connectivity index (χ4n) is 3.10. The number of amides is 1. The van der Waals surface area contributed by atoms with Crippen LogP contribution in [-0.2, 0) is 10.3 Å². The summed E-state index contributed by atoms with van der Waals surface area (Å²) in [5.74, 6) is -0.0848. The Bertz CT molecular complexity index is 791. The molecule has 3 aromatic carbocycles. The summed E-state index contributed by atoms with van der Waals surface area (Å²) in [5, 5.41) is 3.21. The van der Waals surface area contributed by atoms with E-state index in [0.717, 1.165) is 21.2 Å². The summed E-state index contributed by atoms with van der Waals surface area (Å²) in [4.78, 5) is 12.2. The summed E-state index contributed by atoms with van der Waals surface area (Å²) in [6.45, 7) is 1.55. The highest BCUT2D eigenvalue weighted by molar-refractivity contribution is 9.10. The summed E-state index contributed by atoms with van der Waals surface area (Å²) < 4.78 is 0.950. The highest BCUT2D eigenvalue weighted by Gasteiger charge is 2.38. The van der Waals surface area contributed by atoms with Gasteiger partial charge in [-0.3, -0.25) is 4.79 Å². The molecule has 3 aromatic rings. The number of carbonyl (C=O) groups excluding carboxylic acids is 1. The maximum atomic E-state index is 12.2. The molecule has 0 saturated carbocycles. The average Bonchev–Trinajstić information content (AvgIpc) is 2.62. The van der Waals surface area contributed by atoms with Crippen LogP contribution in [0.3, 0.4) is 0 Å². The molecule has 0 unspecified atom stereocenters. The van der Waals surface area contributed by atoms with Crippen LogP contribution in [0.25, 0.3) is 0 Å². The minimum Gasteiger partial charge on any atom is -0.339 e. The molecule has 0 heterocycles. The zero-order chi connectivity index (χ0) is 17.0. The van der Waals surface area contributed by atoms with Crippen LogP contribution >= 0.6 is 15.9 Å². The lowest BCUT2D eigenvalue weighted by atomic mass is 9.77. The summed E-state index contributed by atoms with van der Waals surface area (Å²) >= 11 is 3.67. The Morgan fingerprint density at radius 3 is 1.71 bits per heavy atom. The summed E-state index contributed by atoms with van der Waals surface area (Å²) in [6.07, 6.45) is 0. The van der Waals surface area contributed by atoms with Crippen LogP contribution in [0.1, 0.15) is 23.6 Å². The predicted molar refractivity (Wildman–Crippen MR) is 101 cm³/mol. The van der Waals surface area contributed by atoms with Crippen molar-refractivity contribution in [1.29, 1.82) is 0 Å². The van der Waals surface area contributed by atoms with Gasteiger partial charge < -0.3 is 5.32 Å². The molecule has 3 heteroatoms. The van der Waals surface area contributed by atoms with Crippen molar-refractivity contribution >= 4 is 21.8 Å². The number of rotatable bonds is 4. The third kappa shape index (κ3) is 3.00. The van der Waals surface area contributed by atoms with Crippen LogP contribution in [0.15, 0.2) is 89.4 Å². The van der Waals surface area contributed by atoms with Crippen molar-refractivity contribution in [3.63, 3.8) is 0 Å². The zero-order valence-corrected chi connectivity index (χ0v) is 15.0. The number of hydrogen-bond acceptors (Lipinski definition) is 1. The molecular formula is C21H18BrNO. The highest BCUT2D eigenvalue weighted by Crippen LogP contribution is 2.40. The van der Waals surface area contributed by atoms with Crippen LogP contribution < -0.4 is 5.32 Å².